The Morgan fingerprint density at radius 3 is 2.62 bits per heavy atom. The quantitative estimate of drug-likeness (QED) is 0.625. The van der Waals surface area contributed by atoms with E-state index in [1.807, 2.05) is 6.92 Å². The Morgan fingerprint density at radius 2 is 2.08 bits per heavy atom. The van der Waals surface area contributed by atoms with Crippen molar-refractivity contribution >= 4 is 15.7 Å². The van der Waals surface area contributed by atoms with Gasteiger partial charge in [0.1, 0.15) is 5.75 Å². The molecule has 0 aliphatic heterocycles. The van der Waals surface area contributed by atoms with Gasteiger partial charge in [-0.25, -0.2) is 13.1 Å². The van der Waals surface area contributed by atoms with Crippen molar-refractivity contribution in [1.29, 1.82) is 0 Å². The summed E-state index contributed by atoms with van der Waals surface area (Å²) in [4.78, 5) is 10.2. The Labute approximate surface area is 141 Å². The lowest BCUT2D eigenvalue weighted by atomic mass is 9.84. The lowest BCUT2D eigenvalue weighted by Gasteiger charge is -2.28. The highest BCUT2D eigenvalue weighted by Crippen LogP contribution is 2.49. The van der Waals surface area contributed by atoms with Gasteiger partial charge < -0.3 is 4.74 Å². The molecule has 1 aromatic rings. The first-order chi connectivity index (χ1) is 11.3. The molecule has 1 N–H and O–H groups in total. The Morgan fingerprint density at radius 1 is 1.33 bits per heavy atom. The predicted molar refractivity (Wildman–Crippen MR) is 88.4 cm³/mol. The van der Waals surface area contributed by atoms with E-state index >= 15 is 0 Å². The summed E-state index contributed by atoms with van der Waals surface area (Å²) in [5, 5.41) is 11.2. The maximum absolute atomic E-state index is 12.7. The van der Waals surface area contributed by atoms with Crippen LogP contribution in [0, 0.1) is 27.9 Å². The largest absolute Gasteiger partial charge is 0.497 e. The van der Waals surface area contributed by atoms with Crippen molar-refractivity contribution in [3.05, 3.63) is 28.3 Å². The van der Waals surface area contributed by atoms with Gasteiger partial charge in [-0.15, -0.1) is 0 Å². The summed E-state index contributed by atoms with van der Waals surface area (Å²) in [5.74, 6) is 1.85. The highest BCUT2D eigenvalue weighted by atomic mass is 32.2. The summed E-state index contributed by atoms with van der Waals surface area (Å²) in [6.07, 6.45) is 4.62. The molecule has 4 atom stereocenters. The Hall–Kier alpha value is -1.67. The molecule has 2 aliphatic carbocycles. The molecule has 0 saturated heterocycles. The Balaban J connectivity index is 1.84. The standard InChI is InChI=1S/C16H22N2O5S/c1-10(14-8-11-3-4-12(14)7-11)17-24(21,22)16-6-5-13(23-2)9-15(16)18(19)20/h5-6,9-12,14,17H,3-4,7-8H2,1-2H3. The molecule has 2 fully saturated rings. The van der Waals surface area contributed by atoms with Gasteiger partial charge in [0.15, 0.2) is 4.90 Å². The minimum Gasteiger partial charge on any atom is -0.497 e. The van der Waals surface area contributed by atoms with Gasteiger partial charge in [-0.3, -0.25) is 10.1 Å². The van der Waals surface area contributed by atoms with Crippen LogP contribution in [0.5, 0.6) is 5.75 Å². The first kappa shape index (κ1) is 17.2. The fraction of sp³-hybridized carbons (Fsp3) is 0.625. The number of nitrogens with one attached hydrogen (secondary N) is 1. The van der Waals surface area contributed by atoms with Crippen LogP contribution in [0.1, 0.15) is 32.6 Å². The molecule has 0 aromatic heterocycles. The second-order valence-electron chi connectivity index (χ2n) is 6.84. The van der Waals surface area contributed by atoms with Crippen molar-refractivity contribution in [2.45, 2.75) is 43.5 Å². The molecule has 0 radical (unpaired) electrons. The molecule has 3 rings (SSSR count). The van der Waals surface area contributed by atoms with Crippen LogP contribution >= 0.6 is 0 Å². The van der Waals surface area contributed by atoms with Gasteiger partial charge >= 0.3 is 0 Å². The number of methoxy groups -OCH3 is 1. The zero-order valence-electron chi connectivity index (χ0n) is 13.8. The van der Waals surface area contributed by atoms with E-state index in [-0.39, 0.29) is 16.7 Å². The molecule has 2 saturated carbocycles. The first-order valence-electron chi connectivity index (χ1n) is 8.16. The molecule has 0 spiro atoms. The third kappa shape index (κ3) is 3.12. The fourth-order valence-corrected chi connectivity index (χ4v) is 5.74. The highest BCUT2D eigenvalue weighted by Gasteiger charge is 2.43. The van der Waals surface area contributed by atoms with E-state index in [4.69, 9.17) is 4.74 Å². The molecule has 4 unspecified atom stereocenters. The summed E-state index contributed by atoms with van der Waals surface area (Å²) in [5.41, 5.74) is -0.470. The Kier molecular flexibility index (Phi) is 4.52. The molecule has 132 valence electrons. The smallest absolute Gasteiger partial charge is 0.293 e. The minimum atomic E-state index is -3.96. The molecular weight excluding hydrogens is 332 g/mol. The molecule has 2 bridgehead atoms. The molecule has 1 aromatic carbocycles. The van der Waals surface area contributed by atoms with Crippen LogP contribution in [0.15, 0.2) is 23.1 Å². The number of hydrogen-bond donors (Lipinski definition) is 1. The van der Waals surface area contributed by atoms with E-state index in [9.17, 15) is 18.5 Å². The number of sulfonamides is 1. The number of benzene rings is 1. The fourth-order valence-electron chi connectivity index (χ4n) is 4.30. The van der Waals surface area contributed by atoms with E-state index in [0.29, 0.717) is 17.8 Å². The number of nitrogens with zero attached hydrogens (tertiary/aromatic N) is 1. The van der Waals surface area contributed by atoms with Crippen LogP contribution in [0.25, 0.3) is 0 Å². The molecular formula is C16H22N2O5S. The van der Waals surface area contributed by atoms with Crippen LogP contribution in [0.4, 0.5) is 5.69 Å². The maximum Gasteiger partial charge on any atom is 0.293 e. The van der Waals surface area contributed by atoms with Gasteiger partial charge in [-0.2, -0.15) is 0 Å². The van der Waals surface area contributed by atoms with Crippen molar-refractivity contribution < 1.29 is 18.1 Å². The number of fused-ring (bicyclic) bond motifs is 2. The normalized spacial score (nSPS) is 27.2. The summed E-state index contributed by atoms with van der Waals surface area (Å²) < 4.78 is 33.0. The zero-order chi connectivity index (χ0) is 17.5. The second kappa shape index (κ2) is 6.33. The van der Waals surface area contributed by atoms with Crippen LogP contribution in [0.2, 0.25) is 0 Å². The van der Waals surface area contributed by atoms with Gasteiger partial charge in [0.2, 0.25) is 10.0 Å². The molecule has 0 heterocycles. The van der Waals surface area contributed by atoms with Crippen LogP contribution < -0.4 is 9.46 Å². The van der Waals surface area contributed by atoms with Crippen LogP contribution in [-0.2, 0) is 10.0 Å². The van der Waals surface area contributed by atoms with Gasteiger partial charge in [0.05, 0.1) is 18.1 Å². The summed E-state index contributed by atoms with van der Waals surface area (Å²) in [7, 11) is -2.58. The predicted octanol–water partition coefficient (Wildman–Crippen LogP) is 2.71. The van der Waals surface area contributed by atoms with E-state index in [0.717, 1.165) is 18.9 Å². The van der Waals surface area contributed by atoms with Gasteiger partial charge in [-0.05, 0) is 56.1 Å². The van der Waals surface area contributed by atoms with Crippen molar-refractivity contribution in [1.82, 2.24) is 4.72 Å². The minimum absolute atomic E-state index is 0.230. The van der Waals surface area contributed by atoms with E-state index in [1.165, 1.54) is 32.1 Å². The number of rotatable bonds is 6. The summed E-state index contributed by atoms with van der Waals surface area (Å²) in [6.45, 7) is 1.86. The molecule has 2 aliphatic rings. The van der Waals surface area contributed by atoms with Crippen molar-refractivity contribution in [2.24, 2.45) is 17.8 Å². The average Bonchev–Trinajstić information content (AvgIpc) is 3.16. The molecule has 0 amide bonds. The Bertz CT molecular complexity index is 749. The molecule has 8 heteroatoms. The lowest BCUT2D eigenvalue weighted by molar-refractivity contribution is -0.387. The van der Waals surface area contributed by atoms with Gasteiger partial charge in [0.25, 0.3) is 5.69 Å². The molecule has 7 nitrogen and oxygen atoms in total. The highest BCUT2D eigenvalue weighted by molar-refractivity contribution is 7.89. The summed E-state index contributed by atoms with van der Waals surface area (Å²) in [6, 6.07) is 3.56. The van der Waals surface area contributed by atoms with Crippen LogP contribution in [-0.4, -0.2) is 26.5 Å². The monoisotopic (exact) mass is 354 g/mol. The van der Waals surface area contributed by atoms with E-state index in [2.05, 4.69) is 4.72 Å². The van der Waals surface area contributed by atoms with Crippen molar-refractivity contribution in [2.75, 3.05) is 7.11 Å². The van der Waals surface area contributed by atoms with E-state index in [1.54, 1.807) is 0 Å². The van der Waals surface area contributed by atoms with E-state index < -0.39 is 20.6 Å². The lowest BCUT2D eigenvalue weighted by Crippen LogP contribution is -2.40. The topological polar surface area (TPSA) is 98.5 Å². The zero-order valence-corrected chi connectivity index (χ0v) is 14.6. The molecule has 24 heavy (non-hydrogen) atoms. The third-order valence-corrected chi connectivity index (χ3v) is 7.03. The average molecular weight is 354 g/mol. The SMILES string of the molecule is COc1ccc(S(=O)(=O)NC(C)C2CC3CCC2C3)c([N+](=O)[O-])c1. The van der Waals surface area contributed by atoms with Gasteiger partial charge in [0, 0.05) is 6.04 Å². The number of hydrogen-bond acceptors (Lipinski definition) is 5. The van der Waals surface area contributed by atoms with Gasteiger partial charge in [-0.1, -0.05) is 6.42 Å². The second-order valence-corrected chi connectivity index (χ2v) is 8.52. The van der Waals surface area contributed by atoms with Crippen LogP contribution in [0.3, 0.4) is 0 Å². The maximum atomic E-state index is 12.7. The number of nitro benzene ring substituents is 1. The first-order valence-corrected chi connectivity index (χ1v) is 9.65. The number of nitro groups is 1. The van der Waals surface area contributed by atoms with Crippen molar-refractivity contribution in [3.63, 3.8) is 0 Å². The number of ether oxygens (including phenoxy) is 1. The summed E-state index contributed by atoms with van der Waals surface area (Å²) >= 11 is 0. The third-order valence-electron chi connectivity index (χ3n) is 5.43. The van der Waals surface area contributed by atoms with Crippen molar-refractivity contribution in [3.8, 4) is 5.75 Å².